The van der Waals surface area contributed by atoms with Crippen LogP contribution in [-0.4, -0.2) is 19.9 Å². The summed E-state index contributed by atoms with van der Waals surface area (Å²) in [7, 11) is 0. The zero-order valence-corrected chi connectivity index (χ0v) is 29.6. The minimum Gasteiger partial charge on any atom is -0.310 e. The molecule has 258 valence electrons. The van der Waals surface area contributed by atoms with Crippen LogP contribution in [0.1, 0.15) is 87.2 Å². The molecule has 7 aromatic rings. The summed E-state index contributed by atoms with van der Waals surface area (Å²) in [6, 6.07) is 31.4. The van der Waals surface area contributed by atoms with Gasteiger partial charge in [-0.05, 0) is 143 Å². The first-order chi connectivity index (χ1) is 25.8. The molecular formula is C46H44N6. The van der Waals surface area contributed by atoms with Crippen molar-refractivity contribution in [3.05, 3.63) is 146 Å². The van der Waals surface area contributed by atoms with E-state index in [1.807, 2.05) is 49.6 Å². The van der Waals surface area contributed by atoms with E-state index in [0.29, 0.717) is 11.8 Å². The third-order valence-electron chi connectivity index (χ3n) is 11.4. The molecular weight excluding hydrogens is 637 g/mol. The molecule has 6 heteroatoms. The second-order valence-electron chi connectivity index (χ2n) is 14.4. The van der Waals surface area contributed by atoms with Crippen LogP contribution in [0.5, 0.6) is 0 Å². The zero-order valence-electron chi connectivity index (χ0n) is 29.6. The van der Waals surface area contributed by atoms with E-state index in [1.165, 1.54) is 96.9 Å². The molecule has 4 aromatic heterocycles. The summed E-state index contributed by atoms with van der Waals surface area (Å²) < 4.78 is 0. The van der Waals surface area contributed by atoms with Gasteiger partial charge in [0.1, 0.15) is 0 Å². The van der Waals surface area contributed by atoms with Gasteiger partial charge >= 0.3 is 0 Å². The molecule has 0 bridgehead atoms. The Morgan fingerprint density at radius 1 is 0.327 bits per heavy atom. The number of hydrogen-bond donors (Lipinski definition) is 0. The fourth-order valence-electron chi connectivity index (χ4n) is 9.08. The SMILES string of the molecule is c1cc(N(c2ccncc2)c2ccc3c(C4CCCCC4)c4cc(N(c5ccncc5)c5ccncc5)ccc4c(C4CCCCC4)c3c2)ccn1. The molecule has 0 spiro atoms. The highest BCUT2D eigenvalue weighted by molar-refractivity contribution is 6.09. The highest BCUT2D eigenvalue weighted by atomic mass is 15.1. The number of aromatic nitrogens is 4. The van der Waals surface area contributed by atoms with Crippen LogP contribution in [0.3, 0.4) is 0 Å². The van der Waals surface area contributed by atoms with Crippen molar-refractivity contribution in [2.75, 3.05) is 9.80 Å². The third kappa shape index (κ3) is 6.17. The minimum absolute atomic E-state index is 0.520. The molecule has 0 saturated heterocycles. The van der Waals surface area contributed by atoms with E-state index in [9.17, 15) is 0 Å². The summed E-state index contributed by atoms with van der Waals surface area (Å²) in [6.07, 6.45) is 27.8. The van der Waals surface area contributed by atoms with Crippen molar-refractivity contribution in [3.8, 4) is 0 Å². The molecule has 2 saturated carbocycles. The van der Waals surface area contributed by atoms with Crippen molar-refractivity contribution in [2.24, 2.45) is 0 Å². The Kier molecular flexibility index (Phi) is 9.04. The fourth-order valence-corrected chi connectivity index (χ4v) is 9.08. The summed E-state index contributed by atoms with van der Waals surface area (Å²) >= 11 is 0. The van der Waals surface area contributed by atoms with Crippen LogP contribution in [0.15, 0.2) is 135 Å². The second-order valence-corrected chi connectivity index (χ2v) is 14.4. The molecule has 6 nitrogen and oxygen atoms in total. The van der Waals surface area contributed by atoms with Crippen LogP contribution in [0.4, 0.5) is 34.1 Å². The van der Waals surface area contributed by atoms with E-state index >= 15 is 0 Å². The smallest absolute Gasteiger partial charge is 0.0492 e. The van der Waals surface area contributed by atoms with Gasteiger partial charge in [0.2, 0.25) is 0 Å². The summed E-state index contributed by atoms with van der Waals surface area (Å²) in [5, 5.41) is 5.67. The molecule has 0 N–H and O–H groups in total. The monoisotopic (exact) mass is 680 g/mol. The van der Waals surface area contributed by atoms with E-state index < -0.39 is 0 Å². The molecule has 0 atom stereocenters. The number of nitrogens with zero attached hydrogens (tertiary/aromatic N) is 6. The van der Waals surface area contributed by atoms with Crippen LogP contribution in [0.25, 0.3) is 21.5 Å². The number of rotatable bonds is 8. The van der Waals surface area contributed by atoms with Crippen molar-refractivity contribution in [1.82, 2.24) is 19.9 Å². The molecule has 0 amide bonds. The maximum Gasteiger partial charge on any atom is 0.0492 e. The van der Waals surface area contributed by atoms with Gasteiger partial charge in [-0.2, -0.15) is 0 Å². The highest BCUT2D eigenvalue weighted by Crippen LogP contribution is 2.50. The van der Waals surface area contributed by atoms with Gasteiger partial charge in [-0.15, -0.1) is 0 Å². The lowest BCUT2D eigenvalue weighted by Gasteiger charge is -2.32. The minimum atomic E-state index is 0.520. The van der Waals surface area contributed by atoms with E-state index in [0.717, 1.165) is 34.1 Å². The highest BCUT2D eigenvalue weighted by Gasteiger charge is 2.28. The Bertz CT molecular complexity index is 2020. The summed E-state index contributed by atoms with van der Waals surface area (Å²) in [4.78, 5) is 22.1. The van der Waals surface area contributed by atoms with E-state index in [-0.39, 0.29) is 0 Å². The van der Waals surface area contributed by atoms with Gasteiger partial charge in [0.25, 0.3) is 0 Å². The predicted octanol–water partition coefficient (Wildman–Crippen LogP) is 12.6. The first-order valence-corrected chi connectivity index (χ1v) is 19.1. The molecule has 0 aliphatic heterocycles. The van der Waals surface area contributed by atoms with Gasteiger partial charge in [0.15, 0.2) is 0 Å². The first kappa shape index (κ1) is 32.3. The van der Waals surface area contributed by atoms with Gasteiger partial charge in [-0.1, -0.05) is 50.7 Å². The molecule has 0 unspecified atom stereocenters. The van der Waals surface area contributed by atoms with Gasteiger partial charge in [0.05, 0.1) is 0 Å². The van der Waals surface area contributed by atoms with Crippen molar-refractivity contribution in [3.63, 3.8) is 0 Å². The zero-order chi connectivity index (χ0) is 34.7. The predicted molar refractivity (Wildman–Crippen MR) is 214 cm³/mol. The van der Waals surface area contributed by atoms with Crippen molar-refractivity contribution in [2.45, 2.75) is 76.0 Å². The lowest BCUT2D eigenvalue weighted by atomic mass is 9.74. The number of hydrogen-bond acceptors (Lipinski definition) is 6. The molecule has 2 aliphatic carbocycles. The number of pyridine rings is 4. The number of anilines is 6. The van der Waals surface area contributed by atoms with Gasteiger partial charge in [0, 0.05) is 83.7 Å². The normalized spacial score (nSPS) is 15.5. The molecule has 2 fully saturated rings. The first-order valence-electron chi connectivity index (χ1n) is 19.1. The van der Waals surface area contributed by atoms with Crippen LogP contribution >= 0.6 is 0 Å². The topological polar surface area (TPSA) is 58.0 Å². The Morgan fingerprint density at radius 2 is 0.635 bits per heavy atom. The average Bonchev–Trinajstić information content (AvgIpc) is 3.22. The molecule has 0 radical (unpaired) electrons. The maximum atomic E-state index is 4.35. The van der Waals surface area contributed by atoms with E-state index in [1.54, 1.807) is 0 Å². The number of fused-ring (bicyclic) bond motifs is 2. The van der Waals surface area contributed by atoms with E-state index in [4.69, 9.17) is 0 Å². The Labute approximate surface area is 306 Å². The van der Waals surface area contributed by atoms with Crippen LogP contribution < -0.4 is 9.80 Å². The van der Waals surface area contributed by atoms with Gasteiger partial charge in [-0.3, -0.25) is 19.9 Å². The molecule has 9 rings (SSSR count). The van der Waals surface area contributed by atoms with Crippen molar-refractivity contribution in [1.29, 1.82) is 0 Å². The van der Waals surface area contributed by atoms with Gasteiger partial charge < -0.3 is 9.80 Å². The molecule has 3 aromatic carbocycles. The largest absolute Gasteiger partial charge is 0.310 e. The van der Waals surface area contributed by atoms with Crippen LogP contribution in [0, 0.1) is 0 Å². The lowest BCUT2D eigenvalue weighted by molar-refractivity contribution is 0.445. The molecule has 52 heavy (non-hydrogen) atoms. The number of benzene rings is 3. The van der Waals surface area contributed by atoms with Crippen molar-refractivity contribution >= 4 is 55.7 Å². The van der Waals surface area contributed by atoms with Crippen LogP contribution in [0.2, 0.25) is 0 Å². The Hall–Kier alpha value is -5.62. The van der Waals surface area contributed by atoms with E-state index in [2.05, 4.69) is 115 Å². The van der Waals surface area contributed by atoms with Gasteiger partial charge in [-0.25, -0.2) is 0 Å². The quantitative estimate of drug-likeness (QED) is 0.149. The summed E-state index contributed by atoms with van der Waals surface area (Å²) in [6.45, 7) is 0. The Balaban J connectivity index is 1.32. The average molecular weight is 681 g/mol. The molecule has 4 heterocycles. The third-order valence-corrected chi connectivity index (χ3v) is 11.4. The Morgan fingerprint density at radius 3 is 0.942 bits per heavy atom. The van der Waals surface area contributed by atoms with Crippen LogP contribution in [-0.2, 0) is 0 Å². The molecule has 2 aliphatic rings. The fraction of sp³-hybridized carbons (Fsp3) is 0.261. The maximum absolute atomic E-state index is 4.35. The standard InChI is InChI=1S/C46H44N6/c1-3-7-33(8-4-1)45-41-13-11-40(52(37-19-27-49-28-20-37)38-21-29-50-30-22-38)32-44(41)46(34-9-5-2-6-10-34)42-14-12-39(31-43(42)45)51(35-15-23-47-24-16-35)36-17-25-48-26-18-36/h11-34H,1-10H2. The lowest BCUT2D eigenvalue weighted by Crippen LogP contribution is -2.13. The van der Waals surface area contributed by atoms with Crippen molar-refractivity contribution < 1.29 is 0 Å². The summed E-state index contributed by atoms with van der Waals surface area (Å²) in [5.41, 5.74) is 9.73. The summed E-state index contributed by atoms with van der Waals surface area (Å²) in [5.74, 6) is 1.04. The second kappa shape index (κ2) is 14.5.